The molecule has 0 aliphatic carbocycles. The first kappa shape index (κ1) is 14.3. The molecule has 1 amide bonds. The molecule has 1 atom stereocenters. The van der Waals surface area contributed by atoms with Gasteiger partial charge in [0.1, 0.15) is 11.5 Å². The van der Waals surface area contributed by atoms with Gasteiger partial charge in [-0.15, -0.1) is 0 Å². The highest BCUT2D eigenvalue weighted by molar-refractivity contribution is 5.99. The summed E-state index contributed by atoms with van der Waals surface area (Å²) in [5, 5.41) is 1.77. The Morgan fingerprint density at radius 3 is 2.85 bits per heavy atom. The van der Waals surface area contributed by atoms with E-state index in [4.69, 9.17) is 10.5 Å². The minimum absolute atomic E-state index is 0.0259. The number of benzene rings is 1. The average Bonchev–Trinajstić information content (AvgIpc) is 2.46. The van der Waals surface area contributed by atoms with Gasteiger partial charge in [0.15, 0.2) is 0 Å². The molecule has 1 heterocycles. The summed E-state index contributed by atoms with van der Waals surface area (Å²) in [6.07, 6.45) is 0. The van der Waals surface area contributed by atoms with E-state index >= 15 is 0 Å². The Bertz CT molecular complexity index is 628. The summed E-state index contributed by atoms with van der Waals surface area (Å²) < 4.78 is 5.07. The van der Waals surface area contributed by atoms with Gasteiger partial charge >= 0.3 is 0 Å². The number of nitrogen functional groups attached to an aromatic ring is 1. The average molecular weight is 273 g/mol. The fourth-order valence-electron chi connectivity index (χ4n) is 2.07. The van der Waals surface area contributed by atoms with Crippen LogP contribution in [-0.4, -0.2) is 42.6 Å². The predicted molar refractivity (Wildman–Crippen MR) is 79.6 cm³/mol. The molecule has 0 saturated carbocycles. The first-order valence-electron chi connectivity index (χ1n) is 6.46. The molecule has 0 spiro atoms. The molecule has 20 heavy (non-hydrogen) atoms. The third kappa shape index (κ3) is 2.72. The summed E-state index contributed by atoms with van der Waals surface area (Å²) in [6.45, 7) is 2.40. The Morgan fingerprint density at radius 1 is 1.45 bits per heavy atom. The topological polar surface area (TPSA) is 68.5 Å². The largest absolute Gasteiger partial charge is 0.383 e. The molecule has 0 aliphatic heterocycles. The van der Waals surface area contributed by atoms with Crippen molar-refractivity contribution in [2.75, 3.05) is 26.5 Å². The molecule has 0 saturated heterocycles. The molecule has 0 fully saturated rings. The fourth-order valence-corrected chi connectivity index (χ4v) is 2.07. The normalized spacial score (nSPS) is 12.3. The predicted octanol–water partition coefficient (Wildman–Crippen LogP) is 1.92. The van der Waals surface area contributed by atoms with E-state index in [1.807, 2.05) is 31.2 Å². The Labute approximate surface area is 118 Å². The molecule has 1 aromatic heterocycles. The fraction of sp³-hybridized carbons (Fsp3) is 0.333. The van der Waals surface area contributed by atoms with Crippen LogP contribution >= 0.6 is 0 Å². The quantitative estimate of drug-likeness (QED) is 0.924. The number of carbonyl (C=O) groups is 1. The van der Waals surface area contributed by atoms with Crippen molar-refractivity contribution in [1.82, 2.24) is 9.88 Å². The number of ether oxygens (including phenoxy) is 1. The lowest BCUT2D eigenvalue weighted by Crippen LogP contribution is -2.38. The van der Waals surface area contributed by atoms with Gasteiger partial charge in [0.05, 0.1) is 12.6 Å². The number of nitrogens with two attached hydrogens (primary N) is 1. The van der Waals surface area contributed by atoms with Crippen molar-refractivity contribution in [2.24, 2.45) is 0 Å². The van der Waals surface area contributed by atoms with E-state index < -0.39 is 0 Å². The highest BCUT2D eigenvalue weighted by Gasteiger charge is 2.19. The first-order valence-corrected chi connectivity index (χ1v) is 6.46. The van der Waals surface area contributed by atoms with Crippen LogP contribution in [0.15, 0.2) is 30.3 Å². The number of fused-ring (bicyclic) bond motifs is 1. The van der Waals surface area contributed by atoms with Crippen LogP contribution in [0.25, 0.3) is 10.8 Å². The lowest BCUT2D eigenvalue weighted by molar-refractivity contribution is 0.0628. The van der Waals surface area contributed by atoms with Crippen molar-refractivity contribution in [2.45, 2.75) is 13.0 Å². The minimum Gasteiger partial charge on any atom is -0.383 e. The van der Waals surface area contributed by atoms with Crippen molar-refractivity contribution >= 4 is 22.5 Å². The number of amides is 1. The number of nitrogens with zero attached hydrogens (tertiary/aromatic N) is 2. The number of hydrogen-bond donors (Lipinski definition) is 1. The molecule has 1 unspecified atom stereocenters. The molecule has 2 rings (SSSR count). The number of likely N-dealkylation sites (N-methyl/N-ethyl adjacent to an activating group) is 1. The summed E-state index contributed by atoms with van der Waals surface area (Å²) >= 11 is 0. The molecule has 0 aliphatic rings. The summed E-state index contributed by atoms with van der Waals surface area (Å²) in [4.78, 5) is 18.2. The molecule has 5 heteroatoms. The van der Waals surface area contributed by atoms with Crippen LogP contribution in [0.1, 0.15) is 17.4 Å². The molecule has 0 bridgehead atoms. The van der Waals surface area contributed by atoms with Gasteiger partial charge in [-0.05, 0) is 18.4 Å². The number of carbonyl (C=O) groups excluding carboxylic acids is 1. The first-order chi connectivity index (χ1) is 9.54. The van der Waals surface area contributed by atoms with E-state index in [0.29, 0.717) is 18.1 Å². The molecular weight excluding hydrogens is 254 g/mol. The third-order valence-electron chi connectivity index (χ3n) is 3.38. The van der Waals surface area contributed by atoms with E-state index in [2.05, 4.69) is 4.98 Å². The zero-order valence-corrected chi connectivity index (χ0v) is 12.0. The Kier molecular flexibility index (Phi) is 4.20. The van der Waals surface area contributed by atoms with Crippen LogP contribution in [0, 0.1) is 0 Å². The van der Waals surface area contributed by atoms with Crippen molar-refractivity contribution in [3.8, 4) is 0 Å². The molecule has 2 N–H and O–H groups in total. The van der Waals surface area contributed by atoms with Crippen molar-refractivity contribution in [1.29, 1.82) is 0 Å². The lowest BCUT2D eigenvalue weighted by atomic mass is 10.1. The Hall–Kier alpha value is -2.14. The number of methoxy groups -OCH3 is 1. The zero-order chi connectivity index (χ0) is 14.7. The van der Waals surface area contributed by atoms with Crippen LogP contribution in [0.2, 0.25) is 0 Å². The van der Waals surface area contributed by atoms with Crippen LogP contribution < -0.4 is 5.73 Å². The van der Waals surface area contributed by atoms with Crippen molar-refractivity contribution < 1.29 is 9.53 Å². The van der Waals surface area contributed by atoms with Crippen LogP contribution in [0.4, 0.5) is 5.82 Å². The monoisotopic (exact) mass is 273 g/mol. The van der Waals surface area contributed by atoms with Crippen molar-refractivity contribution in [3.63, 3.8) is 0 Å². The number of hydrogen-bond acceptors (Lipinski definition) is 4. The van der Waals surface area contributed by atoms with Crippen LogP contribution in [0.3, 0.4) is 0 Å². The lowest BCUT2D eigenvalue weighted by Gasteiger charge is -2.24. The number of pyridine rings is 1. The van der Waals surface area contributed by atoms with Crippen molar-refractivity contribution in [3.05, 3.63) is 36.0 Å². The molecular formula is C15H19N3O2. The second-order valence-electron chi connectivity index (χ2n) is 4.83. The third-order valence-corrected chi connectivity index (χ3v) is 3.38. The summed E-state index contributed by atoms with van der Waals surface area (Å²) in [5.74, 6) is 0.214. The Morgan fingerprint density at radius 2 is 2.15 bits per heavy atom. The summed E-state index contributed by atoms with van der Waals surface area (Å²) in [7, 11) is 3.35. The molecule has 106 valence electrons. The highest BCUT2D eigenvalue weighted by atomic mass is 16.5. The summed E-state index contributed by atoms with van der Waals surface area (Å²) in [5.41, 5.74) is 6.28. The van der Waals surface area contributed by atoms with E-state index in [-0.39, 0.29) is 11.9 Å². The number of rotatable bonds is 4. The number of aromatic nitrogens is 1. The maximum Gasteiger partial charge on any atom is 0.272 e. The number of anilines is 1. The van der Waals surface area contributed by atoms with Gasteiger partial charge < -0.3 is 15.4 Å². The standard InChI is InChI=1S/C15H19N3O2/c1-10(9-20-3)18(2)15(19)13-8-11-6-4-5-7-12(11)14(16)17-13/h4-8,10H,9H2,1-3H3,(H2,16,17). The van der Waals surface area contributed by atoms with Crippen LogP contribution in [-0.2, 0) is 4.74 Å². The van der Waals surface area contributed by atoms with Gasteiger partial charge in [-0.3, -0.25) is 4.79 Å². The zero-order valence-electron chi connectivity index (χ0n) is 12.0. The summed E-state index contributed by atoms with van der Waals surface area (Å²) in [6, 6.07) is 9.36. The molecule has 2 aromatic rings. The van der Waals surface area contributed by atoms with E-state index in [1.165, 1.54) is 0 Å². The maximum absolute atomic E-state index is 12.4. The van der Waals surface area contributed by atoms with E-state index in [1.54, 1.807) is 25.1 Å². The van der Waals surface area contributed by atoms with Gasteiger partial charge in [0.25, 0.3) is 5.91 Å². The minimum atomic E-state index is -0.160. The van der Waals surface area contributed by atoms with Gasteiger partial charge in [-0.2, -0.15) is 0 Å². The SMILES string of the molecule is COCC(C)N(C)C(=O)c1cc2ccccc2c(N)n1. The second kappa shape index (κ2) is 5.88. The van der Waals surface area contributed by atoms with Gasteiger partial charge in [-0.1, -0.05) is 24.3 Å². The highest BCUT2D eigenvalue weighted by Crippen LogP contribution is 2.20. The molecule has 5 nitrogen and oxygen atoms in total. The van der Waals surface area contributed by atoms with Crippen LogP contribution in [0.5, 0.6) is 0 Å². The Balaban J connectivity index is 2.35. The smallest absolute Gasteiger partial charge is 0.272 e. The molecule has 0 radical (unpaired) electrons. The van der Waals surface area contributed by atoms with E-state index in [9.17, 15) is 4.79 Å². The van der Waals surface area contributed by atoms with Gasteiger partial charge in [0.2, 0.25) is 0 Å². The second-order valence-corrected chi connectivity index (χ2v) is 4.83. The van der Waals surface area contributed by atoms with Gasteiger partial charge in [-0.25, -0.2) is 4.98 Å². The van der Waals surface area contributed by atoms with Gasteiger partial charge in [0, 0.05) is 19.5 Å². The molecule has 1 aromatic carbocycles. The van der Waals surface area contributed by atoms with E-state index in [0.717, 1.165) is 10.8 Å². The maximum atomic E-state index is 12.4.